The average molecular weight is 358 g/mol. The van der Waals surface area contributed by atoms with Gasteiger partial charge in [-0.3, -0.25) is 9.79 Å². The molecule has 0 bridgehead atoms. The van der Waals surface area contributed by atoms with Crippen LogP contribution in [0.1, 0.15) is 52.9 Å². The van der Waals surface area contributed by atoms with Gasteiger partial charge in [0, 0.05) is 37.0 Å². The third kappa shape index (κ3) is 6.54. The smallest absolute Gasteiger partial charge is 0.305 e. The Morgan fingerprint density at radius 2 is 2.15 bits per heavy atom. The Balaban J connectivity index is 1.96. The normalized spacial score (nSPS) is 14.7. The molecule has 1 aliphatic heterocycles. The Morgan fingerprint density at radius 1 is 1.31 bits per heavy atom. The molecule has 0 saturated carbocycles. The molecule has 1 aromatic carbocycles. The highest BCUT2D eigenvalue weighted by Crippen LogP contribution is 2.24. The lowest BCUT2D eigenvalue weighted by atomic mass is 10.2. The van der Waals surface area contributed by atoms with Gasteiger partial charge in [-0.25, -0.2) is 0 Å². The summed E-state index contributed by atoms with van der Waals surface area (Å²) in [7, 11) is 0. The number of esters is 1. The summed E-state index contributed by atoms with van der Waals surface area (Å²) in [5.74, 6) is 0.712. The molecule has 0 radical (unpaired) electrons. The molecule has 1 heterocycles. The first kappa shape index (κ1) is 20.0. The number of nitrogens with zero attached hydrogens (tertiary/aromatic N) is 2. The zero-order valence-electron chi connectivity index (χ0n) is 16.1. The van der Waals surface area contributed by atoms with E-state index in [1.807, 2.05) is 31.5 Å². The van der Waals surface area contributed by atoms with Gasteiger partial charge in [-0.1, -0.05) is 32.8 Å². The molecule has 1 aliphatic rings. The van der Waals surface area contributed by atoms with Gasteiger partial charge in [0.15, 0.2) is 0 Å². The van der Waals surface area contributed by atoms with Crippen LogP contribution in [-0.4, -0.2) is 31.4 Å². The minimum absolute atomic E-state index is 0.178. The topological polar surface area (TPSA) is 51.1 Å². The van der Waals surface area contributed by atoms with Gasteiger partial charge in [0.2, 0.25) is 0 Å². The van der Waals surface area contributed by atoms with E-state index in [1.165, 1.54) is 12.8 Å². The number of benzene rings is 1. The van der Waals surface area contributed by atoms with Gasteiger partial charge in [-0.2, -0.15) is 0 Å². The van der Waals surface area contributed by atoms with E-state index in [4.69, 9.17) is 9.47 Å². The van der Waals surface area contributed by atoms with Crippen molar-refractivity contribution in [2.75, 3.05) is 18.1 Å². The highest BCUT2D eigenvalue weighted by Gasteiger charge is 2.14. The van der Waals surface area contributed by atoms with Gasteiger partial charge in [0.25, 0.3) is 0 Å². The SMILES string of the molecule is CCCCCOc1cccc(N2C=C(CC(C)OC(=O)CC)N=CC2)c1. The van der Waals surface area contributed by atoms with Crippen LogP contribution in [0.2, 0.25) is 0 Å². The Hall–Kier alpha value is -2.30. The molecule has 1 aromatic rings. The molecule has 0 N–H and O–H groups in total. The first-order chi connectivity index (χ1) is 12.6. The molecule has 5 heteroatoms. The molecule has 1 atom stereocenters. The fourth-order valence-electron chi connectivity index (χ4n) is 2.74. The number of carbonyl (C=O) groups excluding carboxylic acids is 1. The first-order valence-corrected chi connectivity index (χ1v) is 9.54. The maximum atomic E-state index is 11.4. The minimum Gasteiger partial charge on any atom is -0.494 e. The lowest BCUT2D eigenvalue weighted by Gasteiger charge is -2.24. The summed E-state index contributed by atoms with van der Waals surface area (Å²) in [5.41, 5.74) is 1.97. The summed E-state index contributed by atoms with van der Waals surface area (Å²) in [6.07, 6.45) is 8.18. The molecule has 0 aliphatic carbocycles. The molecule has 5 nitrogen and oxygen atoms in total. The van der Waals surface area contributed by atoms with Crippen molar-refractivity contribution < 1.29 is 14.3 Å². The monoisotopic (exact) mass is 358 g/mol. The van der Waals surface area contributed by atoms with Crippen LogP contribution in [0.5, 0.6) is 5.75 Å². The van der Waals surface area contributed by atoms with Crippen LogP contribution in [0, 0.1) is 0 Å². The predicted octanol–water partition coefficient (Wildman–Crippen LogP) is 4.72. The molecular formula is C21H30N2O3. The van der Waals surface area contributed by atoms with Crippen LogP contribution in [0.3, 0.4) is 0 Å². The van der Waals surface area contributed by atoms with Gasteiger partial charge in [0.05, 0.1) is 18.8 Å². The fourth-order valence-corrected chi connectivity index (χ4v) is 2.74. The molecule has 0 saturated heterocycles. The summed E-state index contributed by atoms with van der Waals surface area (Å²) in [6, 6.07) is 8.12. The molecule has 26 heavy (non-hydrogen) atoms. The van der Waals surface area contributed by atoms with Crippen molar-refractivity contribution in [3.8, 4) is 5.75 Å². The number of hydrogen-bond acceptors (Lipinski definition) is 5. The standard InChI is InChI=1S/C21H30N2O3/c1-4-6-7-13-25-20-10-8-9-19(15-20)23-12-11-22-18(16-23)14-17(3)26-21(24)5-2/h8-11,15-17H,4-7,12-14H2,1-3H3. The third-order valence-electron chi connectivity index (χ3n) is 4.12. The summed E-state index contributed by atoms with van der Waals surface area (Å²) in [5, 5.41) is 0. The maximum Gasteiger partial charge on any atom is 0.305 e. The van der Waals surface area contributed by atoms with E-state index < -0.39 is 0 Å². The Morgan fingerprint density at radius 3 is 2.92 bits per heavy atom. The van der Waals surface area contributed by atoms with Gasteiger partial charge in [-0.15, -0.1) is 0 Å². The van der Waals surface area contributed by atoms with E-state index in [2.05, 4.69) is 28.9 Å². The summed E-state index contributed by atoms with van der Waals surface area (Å²) in [4.78, 5) is 18.0. The molecule has 0 amide bonds. The summed E-state index contributed by atoms with van der Waals surface area (Å²) < 4.78 is 11.2. The quantitative estimate of drug-likeness (QED) is 0.448. The van der Waals surface area contributed by atoms with Crippen LogP contribution in [-0.2, 0) is 9.53 Å². The largest absolute Gasteiger partial charge is 0.494 e. The molecule has 0 aromatic heterocycles. The van der Waals surface area contributed by atoms with Crippen LogP contribution in [0.4, 0.5) is 5.69 Å². The maximum absolute atomic E-state index is 11.4. The van der Waals surface area contributed by atoms with Crippen molar-refractivity contribution >= 4 is 17.9 Å². The highest BCUT2D eigenvalue weighted by atomic mass is 16.5. The van der Waals surface area contributed by atoms with Crippen molar-refractivity contribution in [2.24, 2.45) is 4.99 Å². The molecular weight excluding hydrogens is 328 g/mol. The number of ether oxygens (including phenoxy) is 2. The van der Waals surface area contributed by atoms with Crippen molar-refractivity contribution in [3.63, 3.8) is 0 Å². The number of unbranched alkanes of at least 4 members (excludes halogenated alkanes) is 2. The molecule has 0 spiro atoms. The van der Waals surface area contributed by atoms with E-state index in [9.17, 15) is 4.79 Å². The zero-order chi connectivity index (χ0) is 18.8. The average Bonchev–Trinajstić information content (AvgIpc) is 2.65. The van der Waals surface area contributed by atoms with Crippen molar-refractivity contribution in [2.45, 2.75) is 59.0 Å². The first-order valence-electron chi connectivity index (χ1n) is 9.54. The van der Waals surface area contributed by atoms with Gasteiger partial charge in [-0.05, 0) is 25.5 Å². The van der Waals surface area contributed by atoms with Crippen molar-refractivity contribution in [1.29, 1.82) is 0 Å². The number of hydrogen-bond donors (Lipinski definition) is 0. The third-order valence-corrected chi connectivity index (χ3v) is 4.12. The Labute approximate surface area is 156 Å². The van der Waals surface area contributed by atoms with Gasteiger partial charge < -0.3 is 14.4 Å². The van der Waals surface area contributed by atoms with E-state index in [-0.39, 0.29) is 12.1 Å². The van der Waals surface area contributed by atoms with E-state index in [1.54, 1.807) is 6.92 Å². The Kier molecular flexibility index (Phi) is 8.19. The second kappa shape index (κ2) is 10.6. The number of aliphatic imine (C=N–C) groups is 1. The second-order valence-electron chi connectivity index (χ2n) is 6.50. The molecule has 0 fully saturated rings. The summed E-state index contributed by atoms with van der Waals surface area (Å²) >= 11 is 0. The van der Waals surface area contributed by atoms with Crippen molar-refractivity contribution in [1.82, 2.24) is 0 Å². The minimum atomic E-state index is -0.181. The molecule has 142 valence electrons. The number of rotatable bonds is 10. The van der Waals surface area contributed by atoms with Crippen LogP contribution in [0.15, 0.2) is 41.2 Å². The van der Waals surface area contributed by atoms with E-state index in [0.29, 0.717) is 19.4 Å². The zero-order valence-corrected chi connectivity index (χ0v) is 16.1. The second-order valence-corrected chi connectivity index (χ2v) is 6.50. The van der Waals surface area contributed by atoms with Gasteiger partial charge >= 0.3 is 5.97 Å². The lowest BCUT2D eigenvalue weighted by molar-refractivity contribution is -0.147. The van der Waals surface area contributed by atoms with Crippen molar-refractivity contribution in [3.05, 3.63) is 36.2 Å². The number of anilines is 1. The molecule has 2 rings (SSSR count). The lowest BCUT2D eigenvalue weighted by Crippen LogP contribution is -2.23. The Bertz CT molecular complexity index is 640. The summed E-state index contributed by atoms with van der Waals surface area (Å²) in [6.45, 7) is 7.35. The number of carbonyl (C=O) groups is 1. The predicted molar refractivity (Wildman–Crippen MR) is 106 cm³/mol. The highest BCUT2D eigenvalue weighted by molar-refractivity contribution is 5.71. The fraction of sp³-hybridized carbons (Fsp3) is 0.524. The van der Waals surface area contributed by atoms with Crippen LogP contribution >= 0.6 is 0 Å². The van der Waals surface area contributed by atoms with Crippen LogP contribution in [0.25, 0.3) is 0 Å². The van der Waals surface area contributed by atoms with E-state index >= 15 is 0 Å². The van der Waals surface area contributed by atoms with Crippen LogP contribution < -0.4 is 9.64 Å². The van der Waals surface area contributed by atoms with E-state index in [0.717, 1.165) is 30.2 Å². The van der Waals surface area contributed by atoms with Gasteiger partial charge in [0.1, 0.15) is 11.9 Å². The molecule has 1 unspecified atom stereocenters.